The number of nitrogen functional groups attached to an aromatic ring is 1. The smallest absolute Gasteiger partial charge is 0.232 e. The molecular formula is C12H22N6. The van der Waals surface area contributed by atoms with E-state index in [-0.39, 0.29) is 0 Å². The van der Waals surface area contributed by atoms with E-state index in [1.807, 2.05) is 0 Å². The monoisotopic (exact) mass is 250 g/mol. The highest BCUT2D eigenvalue weighted by molar-refractivity contribution is 5.44. The molecule has 0 bridgehead atoms. The van der Waals surface area contributed by atoms with E-state index in [0.29, 0.717) is 23.9 Å². The Balaban J connectivity index is 2.30. The standard InChI is InChI=1S/C12H22N6/c1-4-18(9(2)3)12-15-10(13)14-11(16-12)17-7-5-6-8-17/h9H,4-8H2,1-3H3,(H2,13,14,15,16). The molecule has 6 nitrogen and oxygen atoms in total. The van der Waals surface area contributed by atoms with E-state index in [1.54, 1.807) is 0 Å². The Hall–Kier alpha value is -1.59. The Morgan fingerprint density at radius 3 is 2.44 bits per heavy atom. The van der Waals surface area contributed by atoms with E-state index >= 15 is 0 Å². The van der Waals surface area contributed by atoms with Gasteiger partial charge in [-0.1, -0.05) is 0 Å². The van der Waals surface area contributed by atoms with Gasteiger partial charge in [-0.05, 0) is 33.6 Å². The van der Waals surface area contributed by atoms with Gasteiger partial charge in [0.05, 0.1) is 0 Å². The lowest BCUT2D eigenvalue weighted by atomic mass is 10.3. The molecule has 18 heavy (non-hydrogen) atoms. The van der Waals surface area contributed by atoms with Crippen molar-refractivity contribution >= 4 is 17.8 Å². The fourth-order valence-electron chi connectivity index (χ4n) is 2.29. The van der Waals surface area contributed by atoms with Crippen LogP contribution in [0, 0.1) is 0 Å². The molecule has 1 aliphatic heterocycles. The number of nitrogens with two attached hydrogens (primary N) is 1. The lowest BCUT2D eigenvalue weighted by Gasteiger charge is -2.26. The molecule has 0 aliphatic carbocycles. The maximum atomic E-state index is 5.80. The van der Waals surface area contributed by atoms with Crippen molar-refractivity contribution in [2.24, 2.45) is 0 Å². The van der Waals surface area contributed by atoms with Gasteiger partial charge >= 0.3 is 0 Å². The second-order valence-corrected chi connectivity index (χ2v) is 4.87. The van der Waals surface area contributed by atoms with Crippen LogP contribution in [0.4, 0.5) is 17.8 Å². The number of aromatic nitrogens is 3. The summed E-state index contributed by atoms with van der Waals surface area (Å²) in [4.78, 5) is 17.4. The molecular weight excluding hydrogens is 228 g/mol. The van der Waals surface area contributed by atoms with Crippen LogP contribution in [0.1, 0.15) is 33.6 Å². The molecule has 0 spiro atoms. The normalized spacial score (nSPS) is 15.4. The predicted molar refractivity (Wildman–Crippen MR) is 73.8 cm³/mol. The molecule has 2 rings (SSSR count). The largest absolute Gasteiger partial charge is 0.368 e. The number of nitrogens with zero attached hydrogens (tertiary/aromatic N) is 5. The zero-order valence-corrected chi connectivity index (χ0v) is 11.4. The molecule has 0 aromatic carbocycles. The van der Waals surface area contributed by atoms with Crippen LogP contribution in [0.25, 0.3) is 0 Å². The van der Waals surface area contributed by atoms with Crippen molar-refractivity contribution in [3.05, 3.63) is 0 Å². The van der Waals surface area contributed by atoms with Gasteiger partial charge in [-0.25, -0.2) is 0 Å². The summed E-state index contributed by atoms with van der Waals surface area (Å²) in [5.74, 6) is 1.71. The number of anilines is 3. The highest BCUT2D eigenvalue weighted by Gasteiger charge is 2.19. The van der Waals surface area contributed by atoms with Gasteiger partial charge in [-0.15, -0.1) is 0 Å². The Morgan fingerprint density at radius 2 is 1.89 bits per heavy atom. The molecule has 0 radical (unpaired) electrons. The molecule has 2 N–H and O–H groups in total. The topological polar surface area (TPSA) is 71.2 Å². The van der Waals surface area contributed by atoms with Gasteiger partial charge in [0, 0.05) is 25.7 Å². The van der Waals surface area contributed by atoms with Crippen molar-refractivity contribution in [1.82, 2.24) is 15.0 Å². The number of hydrogen-bond acceptors (Lipinski definition) is 6. The second kappa shape index (κ2) is 5.37. The summed E-state index contributed by atoms with van der Waals surface area (Å²) in [6.45, 7) is 9.22. The summed E-state index contributed by atoms with van der Waals surface area (Å²) >= 11 is 0. The Kier molecular flexibility index (Phi) is 3.84. The molecule has 0 atom stereocenters. The molecule has 1 saturated heterocycles. The quantitative estimate of drug-likeness (QED) is 0.868. The SMILES string of the molecule is CCN(c1nc(N)nc(N2CCCC2)n1)C(C)C. The van der Waals surface area contributed by atoms with Crippen molar-refractivity contribution in [2.45, 2.75) is 39.7 Å². The first-order chi connectivity index (χ1) is 8.61. The van der Waals surface area contributed by atoms with Gasteiger partial charge in [-0.3, -0.25) is 0 Å². The van der Waals surface area contributed by atoms with Crippen molar-refractivity contribution in [3.8, 4) is 0 Å². The molecule has 0 unspecified atom stereocenters. The van der Waals surface area contributed by atoms with Crippen molar-refractivity contribution in [2.75, 3.05) is 35.2 Å². The fourth-order valence-corrected chi connectivity index (χ4v) is 2.29. The Labute approximate surface area is 108 Å². The molecule has 1 fully saturated rings. The number of rotatable bonds is 4. The minimum atomic E-state index is 0.306. The molecule has 1 aromatic rings. The van der Waals surface area contributed by atoms with Crippen LogP contribution in [-0.4, -0.2) is 40.6 Å². The number of hydrogen-bond donors (Lipinski definition) is 1. The van der Waals surface area contributed by atoms with Crippen molar-refractivity contribution in [3.63, 3.8) is 0 Å². The molecule has 1 aliphatic rings. The molecule has 1 aromatic heterocycles. The highest BCUT2D eigenvalue weighted by atomic mass is 15.4. The molecule has 0 amide bonds. The third-order valence-electron chi connectivity index (χ3n) is 3.24. The van der Waals surface area contributed by atoms with Gasteiger partial charge in [-0.2, -0.15) is 15.0 Å². The van der Waals surface area contributed by atoms with Gasteiger partial charge in [0.2, 0.25) is 17.8 Å². The Morgan fingerprint density at radius 1 is 1.22 bits per heavy atom. The lowest BCUT2D eigenvalue weighted by molar-refractivity contribution is 0.677. The van der Waals surface area contributed by atoms with Gasteiger partial charge in [0.15, 0.2) is 0 Å². The van der Waals surface area contributed by atoms with Crippen LogP contribution < -0.4 is 15.5 Å². The lowest BCUT2D eigenvalue weighted by Crippen LogP contribution is -2.33. The molecule has 6 heteroatoms. The van der Waals surface area contributed by atoms with Crippen LogP contribution in [0.5, 0.6) is 0 Å². The fraction of sp³-hybridized carbons (Fsp3) is 0.750. The minimum absolute atomic E-state index is 0.306. The van der Waals surface area contributed by atoms with Gasteiger partial charge < -0.3 is 15.5 Å². The van der Waals surface area contributed by atoms with Crippen LogP contribution in [0.2, 0.25) is 0 Å². The van der Waals surface area contributed by atoms with E-state index in [1.165, 1.54) is 12.8 Å². The summed E-state index contributed by atoms with van der Waals surface area (Å²) < 4.78 is 0. The molecule has 100 valence electrons. The van der Waals surface area contributed by atoms with E-state index in [4.69, 9.17) is 5.73 Å². The third kappa shape index (κ3) is 2.63. The predicted octanol–water partition coefficient (Wildman–Crippen LogP) is 1.29. The van der Waals surface area contributed by atoms with Crippen molar-refractivity contribution in [1.29, 1.82) is 0 Å². The first-order valence-corrected chi connectivity index (χ1v) is 6.65. The summed E-state index contributed by atoms with van der Waals surface area (Å²) in [6, 6.07) is 0.350. The van der Waals surface area contributed by atoms with Crippen molar-refractivity contribution < 1.29 is 0 Å². The van der Waals surface area contributed by atoms with Crippen LogP contribution in [0.15, 0.2) is 0 Å². The Bertz CT molecular complexity index is 400. The van der Waals surface area contributed by atoms with E-state index in [9.17, 15) is 0 Å². The van der Waals surface area contributed by atoms with Crippen LogP contribution in [-0.2, 0) is 0 Å². The van der Waals surface area contributed by atoms with E-state index in [2.05, 4.69) is 45.5 Å². The average molecular weight is 250 g/mol. The second-order valence-electron chi connectivity index (χ2n) is 4.87. The van der Waals surface area contributed by atoms with Gasteiger partial charge in [0.25, 0.3) is 0 Å². The van der Waals surface area contributed by atoms with Crippen LogP contribution >= 0.6 is 0 Å². The zero-order chi connectivity index (χ0) is 13.1. The van der Waals surface area contributed by atoms with E-state index < -0.39 is 0 Å². The maximum Gasteiger partial charge on any atom is 0.232 e. The summed E-state index contributed by atoms with van der Waals surface area (Å²) in [5.41, 5.74) is 5.80. The first kappa shape index (κ1) is 12.9. The third-order valence-corrected chi connectivity index (χ3v) is 3.24. The molecule has 2 heterocycles. The maximum absolute atomic E-state index is 5.80. The summed E-state index contributed by atoms with van der Waals surface area (Å²) in [5, 5.41) is 0. The first-order valence-electron chi connectivity index (χ1n) is 6.65. The average Bonchev–Trinajstić information content (AvgIpc) is 2.82. The summed E-state index contributed by atoms with van der Waals surface area (Å²) in [6.07, 6.45) is 2.39. The summed E-state index contributed by atoms with van der Waals surface area (Å²) in [7, 11) is 0. The molecule has 0 saturated carbocycles. The highest BCUT2D eigenvalue weighted by Crippen LogP contribution is 2.20. The van der Waals surface area contributed by atoms with E-state index in [0.717, 1.165) is 19.6 Å². The van der Waals surface area contributed by atoms with Gasteiger partial charge in [0.1, 0.15) is 0 Å². The zero-order valence-electron chi connectivity index (χ0n) is 11.4. The minimum Gasteiger partial charge on any atom is -0.368 e. The van der Waals surface area contributed by atoms with Crippen LogP contribution in [0.3, 0.4) is 0 Å².